The maximum Gasteiger partial charge on any atom is 0.321 e. The van der Waals surface area contributed by atoms with Crippen LogP contribution in [0.5, 0.6) is 0 Å². The Kier molecular flexibility index (Phi) is 7.73. The number of esters is 2. The number of hydrogen-bond donors (Lipinski definition) is 0. The highest BCUT2D eigenvalue weighted by Gasteiger charge is 2.48. The van der Waals surface area contributed by atoms with Crippen LogP contribution in [0.15, 0.2) is 30.3 Å². The van der Waals surface area contributed by atoms with Gasteiger partial charge < -0.3 is 9.47 Å². The highest BCUT2D eigenvalue weighted by Crippen LogP contribution is 2.35. The van der Waals surface area contributed by atoms with Gasteiger partial charge in [0.05, 0.1) is 5.92 Å². The number of carbonyl (C=O) groups excluding carboxylic acids is 2. The average molecular weight is 393 g/mol. The summed E-state index contributed by atoms with van der Waals surface area (Å²) in [6.07, 6.45) is 0.147. The van der Waals surface area contributed by atoms with Gasteiger partial charge in [-0.15, -0.1) is 0 Å². The van der Waals surface area contributed by atoms with Crippen molar-refractivity contribution in [3.8, 4) is 0 Å². The maximum absolute atomic E-state index is 13.0. The molecule has 0 radical (unpaired) electrons. The van der Waals surface area contributed by atoms with Crippen molar-refractivity contribution in [1.82, 2.24) is 0 Å². The van der Waals surface area contributed by atoms with Crippen LogP contribution < -0.4 is 0 Å². The molecule has 0 aliphatic carbocycles. The maximum atomic E-state index is 13.0. The van der Waals surface area contributed by atoms with Crippen molar-refractivity contribution in [3.05, 3.63) is 46.0 Å². The molecular formula is C21H31NO6. The number of rotatable bonds is 7. The molecule has 0 amide bonds. The van der Waals surface area contributed by atoms with Gasteiger partial charge in [-0.25, -0.2) is 0 Å². The molecular weight excluding hydrogens is 362 g/mol. The van der Waals surface area contributed by atoms with Crippen molar-refractivity contribution < 1.29 is 24.0 Å². The van der Waals surface area contributed by atoms with Crippen LogP contribution in [0, 0.1) is 16.0 Å². The SMILES string of the molecule is CC[C@H]([C@@H](c1ccccc1)C(C(=O)OC(C)(C)C)C(=O)OC(C)(C)C)[N+](=O)[O-]. The van der Waals surface area contributed by atoms with E-state index >= 15 is 0 Å². The molecule has 1 rings (SSSR count). The highest BCUT2D eigenvalue weighted by molar-refractivity contribution is 5.96. The molecule has 0 aliphatic heterocycles. The molecule has 0 saturated carbocycles. The van der Waals surface area contributed by atoms with Gasteiger partial charge in [-0.2, -0.15) is 0 Å². The fraction of sp³-hybridized carbons (Fsp3) is 0.619. The number of benzene rings is 1. The summed E-state index contributed by atoms with van der Waals surface area (Å²) in [6.45, 7) is 11.7. The highest BCUT2D eigenvalue weighted by atomic mass is 16.6. The summed E-state index contributed by atoms with van der Waals surface area (Å²) < 4.78 is 10.9. The normalized spacial score (nSPS) is 14.3. The Hall–Kier alpha value is -2.44. The number of nitrogens with zero attached hydrogens (tertiary/aromatic N) is 1. The van der Waals surface area contributed by atoms with Gasteiger partial charge >= 0.3 is 11.9 Å². The molecule has 156 valence electrons. The van der Waals surface area contributed by atoms with Crippen LogP contribution in [-0.4, -0.2) is 34.1 Å². The van der Waals surface area contributed by atoms with E-state index in [2.05, 4.69) is 0 Å². The lowest BCUT2D eigenvalue weighted by Gasteiger charge is -2.31. The zero-order valence-corrected chi connectivity index (χ0v) is 17.7. The standard InChI is InChI=1S/C21H31NO6/c1-8-15(22(25)26)16(14-12-10-9-11-13-14)17(18(23)27-20(2,3)4)19(24)28-21(5,6)7/h9-13,15-17H,8H2,1-7H3/t15-,16-/m1/s1. The quantitative estimate of drug-likeness (QED) is 0.299. The summed E-state index contributed by atoms with van der Waals surface area (Å²) in [7, 11) is 0. The van der Waals surface area contributed by atoms with E-state index in [9.17, 15) is 19.7 Å². The van der Waals surface area contributed by atoms with E-state index in [1.807, 2.05) is 0 Å². The third kappa shape index (κ3) is 6.94. The van der Waals surface area contributed by atoms with Crippen LogP contribution in [0.25, 0.3) is 0 Å². The van der Waals surface area contributed by atoms with E-state index in [1.54, 1.807) is 78.8 Å². The van der Waals surface area contributed by atoms with E-state index in [0.29, 0.717) is 5.56 Å². The molecule has 7 heteroatoms. The molecule has 0 aromatic heterocycles. The van der Waals surface area contributed by atoms with E-state index in [0.717, 1.165) is 0 Å². The first-order valence-electron chi connectivity index (χ1n) is 9.41. The van der Waals surface area contributed by atoms with Gasteiger partial charge in [-0.3, -0.25) is 19.7 Å². The van der Waals surface area contributed by atoms with Gasteiger partial charge in [0.25, 0.3) is 0 Å². The first kappa shape index (κ1) is 23.6. The van der Waals surface area contributed by atoms with Crippen molar-refractivity contribution in [2.45, 2.75) is 78.0 Å². The Morgan fingerprint density at radius 2 is 1.39 bits per heavy atom. The molecule has 2 atom stereocenters. The van der Waals surface area contributed by atoms with Crippen LogP contribution in [0.3, 0.4) is 0 Å². The minimum absolute atomic E-state index is 0.147. The Morgan fingerprint density at radius 1 is 0.964 bits per heavy atom. The van der Waals surface area contributed by atoms with Gasteiger partial charge in [0.2, 0.25) is 6.04 Å². The monoisotopic (exact) mass is 393 g/mol. The van der Waals surface area contributed by atoms with Crippen LogP contribution in [0.1, 0.15) is 66.4 Å². The lowest BCUT2D eigenvalue weighted by atomic mass is 9.79. The molecule has 28 heavy (non-hydrogen) atoms. The molecule has 0 aliphatic rings. The molecule has 0 fully saturated rings. The predicted octanol–water partition coefficient (Wildman–Crippen LogP) is 4.13. The minimum atomic E-state index is -1.45. The van der Waals surface area contributed by atoms with E-state index in [4.69, 9.17) is 9.47 Å². The van der Waals surface area contributed by atoms with Gasteiger partial charge in [-0.1, -0.05) is 37.3 Å². The zero-order valence-electron chi connectivity index (χ0n) is 17.7. The Labute approximate surface area is 166 Å². The van der Waals surface area contributed by atoms with Crippen LogP contribution in [-0.2, 0) is 19.1 Å². The molecule has 0 unspecified atom stereocenters. The lowest BCUT2D eigenvalue weighted by Crippen LogP contribution is -2.44. The Bertz CT molecular complexity index is 659. The fourth-order valence-corrected chi connectivity index (χ4v) is 2.97. The molecule has 0 N–H and O–H groups in total. The van der Waals surface area contributed by atoms with E-state index in [-0.39, 0.29) is 6.42 Å². The largest absolute Gasteiger partial charge is 0.459 e. The fourth-order valence-electron chi connectivity index (χ4n) is 2.97. The molecule has 1 aromatic rings. The van der Waals surface area contributed by atoms with Gasteiger partial charge in [-0.05, 0) is 47.1 Å². The molecule has 0 spiro atoms. The third-order valence-electron chi connectivity index (χ3n) is 3.97. The average Bonchev–Trinajstić information content (AvgIpc) is 2.51. The van der Waals surface area contributed by atoms with Gasteiger partial charge in [0, 0.05) is 11.3 Å². The van der Waals surface area contributed by atoms with Crippen LogP contribution in [0.4, 0.5) is 0 Å². The minimum Gasteiger partial charge on any atom is -0.459 e. The summed E-state index contributed by atoms with van der Waals surface area (Å²) >= 11 is 0. The summed E-state index contributed by atoms with van der Waals surface area (Å²) in [5.74, 6) is -4.10. The van der Waals surface area contributed by atoms with Gasteiger partial charge in [0.1, 0.15) is 11.2 Å². The van der Waals surface area contributed by atoms with E-state index < -0.39 is 45.9 Å². The van der Waals surface area contributed by atoms with E-state index in [1.165, 1.54) is 0 Å². The second kappa shape index (κ2) is 9.17. The molecule has 0 bridgehead atoms. The summed E-state index contributed by atoms with van der Waals surface area (Å²) in [5, 5.41) is 11.8. The number of hydrogen-bond acceptors (Lipinski definition) is 6. The number of ether oxygens (including phenoxy) is 2. The second-order valence-corrected chi connectivity index (χ2v) is 8.74. The zero-order chi connectivity index (χ0) is 21.7. The number of carbonyl (C=O) groups is 2. The topological polar surface area (TPSA) is 95.7 Å². The van der Waals surface area contributed by atoms with Crippen molar-refractivity contribution in [2.24, 2.45) is 5.92 Å². The predicted molar refractivity (Wildman–Crippen MR) is 105 cm³/mol. The Balaban J connectivity index is 3.54. The number of nitro groups is 1. The molecule has 0 saturated heterocycles. The van der Waals surface area contributed by atoms with Crippen molar-refractivity contribution in [2.75, 3.05) is 0 Å². The van der Waals surface area contributed by atoms with Crippen molar-refractivity contribution in [1.29, 1.82) is 0 Å². The van der Waals surface area contributed by atoms with Crippen molar-refractivity contribution >= 4 is 11.9 Å². The van der Waals surface area contributed by atoms with Crippen molar-refractivity contribution in [3.63, 3.8) is 0 Å². The van der Waals surface area contributed by atoms with Crippen LogP contribution >= 0.6 is 0 Å². The summed E-state index contributed by atoms with van der Waals surface area (Å²) in [5.41, 5.74) is -1.18. The smallest absolute Gasteiger partial charge is 0.321 e. The second-order valence-electron chi connectivity index (χ2n) is 8.74. The first-order chi connectivity index (χ1) is 12.8. The Morgan fingerprint density at radius 3 is 1.71 bits per heavy atom. The molecule has 1 aromatic carbocycles. The third-order valence-corrected chi connectivity index (χ3v) is 3.97. The van der Waals surface area contributed by atoms with Gasteiger partial charge in [0.15, 0.2) is 5.92 Å². The van der Waals surface area contributed by atoms with Crippen LogP contribution in [0.2, 0.25) is 0 Å². The molecule has 0 heterocycles. The molecule has 7 nitrogen and oxygen atoms in total. The lowest BCUT2D eigenvalue weighted by molar-refractivity contribution is -0.528. The summed E-state index contributed by atoms with van der Waals surface area (Å²) in [4.78, 5) is 37.3. The summed E-state index contributed by atoms with van der Waals surface area (Å²) in [6, 6.07) is 7.42. The first-order valence-corrected chi connectivity index (χ1v) is 9.41.